The lowest BCUT2D eigenvalue weighted by atomic mass is 10.0. The number of rotatable bonds is 4. The predicted octanol–water partition coefficient (Wildman–Crippen LogP) is 2.35. The van der Waals surface area contributed by atoms with E-state index in [-0.39, 0.29) is 17.8 Å². The zero-order valence-corrected chi connectivity index (χ0v) is 12.8. The van der Waals surface area contributed by atoms with Crippen LogP contribution < -0.4 is 5.32 Å². The fraction of sp³-hybridized carbons (Fsp3) is 0.375. The molecule has 1 amide bonds. The zero-order chi connectivity index (χ0) is 15.6. The summed E-state index contributed by atoms with van der Waals surface area (Å²) in [6.07, 6.45) is 1.74. The first-order valence-electron chi connectivity index (χ1n) is 6.89. The van der Waals surface area contributed by atoms with Crippen molar-refractivity contribution in [2.24, 2.45) is 5.92 Å². The van der Waals surface area contributed by atoms with Crippen molar-refractivity contribution >= 4 is 23.1 Å². The number of anilines is 1. The lowest BCUT2D eigenvalue weighted by molar-refractivity contribution is -0.110. The highest BCUT2D eigenvalue weighted by atomic mass is 16.5. The van der Waals surface area contributed by atoms with E-state index >= 15 is 0 Å². The highest BCUT2D eigenvalue weighted by Crippen LogP contribution is 2.32. The molecule has 0 spiro atoms. The van der Waals surface area contributed by atoms with E-state index in [1.807, 2.05) is 27.9 Å². The van der Waals surface area contributed by atoms with Crippen LogP contribution in [0.2, 0.25) is 0 Å². The van der Waals surface area contributed by atoms with E-state index in [0.717, 1.165) is 5.56 Å². The van der Waals surface area contributed by atoms with Crippen molar-refractivity contribution in [2.75, 3.05) is 26.0 Å². The Morgan fingerprint density at radius 2 is 2.10 bits per heavy atom. The number of hydrogen-bond acceptors (Lipinski definition) is 4. The molecule has 0 fully saturated rings. The molecule has 0 saturated carbocycles. The fourth-order valence-corrected chi connectivity index (χ4v) is 2.03. The van der Waals surface area contributed by atoms with Crippen molar-refractivity contribution in [1.29, 1.82) is 0 Å². The van der Waals surface area contributed by atoms with E-state index in [1.54, 1.807) is 29.3 Å². The van der Waals surface area contributed by atoms with E-state index in [0.29, 0.717) is 23.4 Å². The maximum atomic E-state index is 12.0. The second kappa shape index (κ2) is 5.99. The van der Waals surface area contributed by atoms with Crippen molar-refractivity contribution in [2.45, 2.75) is 13.8 Å². The van der Waals surface area contributed by atoms with E-state index in [4.69, 9.17) is 4.74 Å². The minimum absolute atomic E-state index is 0.161. The van der Waals surface area contributed by atoms with Crippen LogP contribution in [0.3, 0.4) is 0 Å². The van der Waals surface area contributed by atoms with Gasteiger partial charge in [0.1, 0.15) is 0 Å². The van der Waals surface area contributed by atoms with Crippen LogP contribution in [0.15, 0.2) is 24.4 Å². The highest BCUT2D eigenvalue weighted by molar-refractivity contribution is 6.31. The number of carbonyl (C=O) groups is 2. The smallest absolute Gasteiger partial charge is 0.338 e. The van der Waals surface area contributed by atoms with Crippen LogP contribution in [0.1, 0.15) is 29.8 Å². The Kier molecular flexibility index (Phi) is 4.31. The zero-order valence-electron chi connectivity index (χ0n) is 12.8. The van der Waals surface area contributed by atoms with Gasteiger partial charge in [0, 0.05) is 31.5 Å². The Morgan fingerprint density at radius 3 is 2.71 bits per heavy atom. The molecule has 0 aliphatic carbocycles. The number of carbonyl (C=O) groups excluding carboxylic acids is 2. The third-order valence-electron chi connectivity index (χ3n) is 2.97. The number of nitrogens with zero attached hydrogens (tertiary/aromatic N) is 1. The monoisotopic (exact) mass is 288 g/mol. The number of ether oxygens (including phenoxy) is 1. The lowest BCUT2D eigenvalue weighted by Gasteiger charge is -2.09. The first kappa shape index (κ1) is 15.1. The van der Waals surface area contributed by atoms with E-state index in [9.17, 15) is 9.59 Å². The van der Waals surface area contributed by atoms with Gasteiger partial charge in [-0.15, -0.1) is 0 Å². The Morgan fingerprint density at radius 1 is 1.38 bits per heavy atom. The maximum absolute atomic E-state index is 12.0. The normalized spacial score (nSPS) is 15.1. The summed E-state index contributed by atoms with van der Waals surface area (Å²) in [5.74, 6) is -0.239. The van der Waals surface area contributed by atoms with Crippen LogP contribution >= 0.6 is 0 Å². The molecule has 1 aliphatic rings. The van der Waals surface area contributed by atoms with Gasteiger partial charge in [-0.2, -0.15) is 0 Å². The van der Waals surface area contributed by atoms with Gasteiger partial charge in [-0.1, -0.05) is 13.8 Å². The maximum Gasteiger partial charge on any atom is 0.338 e. The molecule has 0 bridgehead atoms. The van der Waals surface area contributed by atoms with Gasteiger partial charge in [0.25, 0.3) is 5.91 Å². The van der Waals surface area contributed by atoms with Crippen molar-refractivity contribution < 1.29 is 14.3 Å². The molecule has 0 aromatic heterocycles. The molecule has 1 aromatic rings. The molecular formula is C16H20N2O3. The summed E-state index contributed by atoms with van der Waals surface area (Å²) in [5.41, 5.74) is 2.45. The minimum atomic E-state index is -0.366. The Balaban J connectivity index is 2.29. The Hall–Kier alpha value is -2.30. The van der Waals surface area contributed by atoms with Gasteiger partial charge in [0.2, 0.25) is 0 Å². The van der Waals surface area contributed by atoms with Crippen molar-refractivity contribution in [3.8, 4) is 0 Å². The third kappa shape index (κ3) is 3.42. The number of nitrogens with one attached hydrogen (secondary N) is 1. The molecule has 21 heavy (non-hydrogen) atoms. The topological polar surface area (TPSA) is 58.6 Å². The second-order valence-electron chi connectivity index (χ2n) is 5.71. The Bertz CT molecular complexity index is 604. The number of benzene rings is 1. The van der Waals surface area contributed by atoms with Crippen LogP contribution in [-0.2, 0) is 9.53 Å². The molecule has 5 nitrogen and oxygen atoms in total. The summed E-state index contributed by atoms with van der Waals surface area (Å²) in [4.78, 5) is 25.7. The highest BCUT2D eigenvalue weighted by Gasteiger charge is 2.25. The lowest BCUT2D eigenvalue weighted by Crippen LogP contribution is -2.10. The molecule has 2 rings (SSSR count). The van der Waals surface area contributed by atoms with E-state index in [1.165, 1.54) is 0 Å². The SMILES string of the molecule is CC(C)COC(=O)c1ccc2c(c1)/C(=C/N(C)C)C(=O)N2. The molecular weight excluding hydrogens is 268 g/mol. The molecule has 0 atom stereocenters. The Labute approximate surface area is 124 Å². The van der Waals surface area contributed by atoms with Gasteiger partial charge < -0.3 is 15.0 Å². The molecule has 5 heteroatoms. The average molecular weight is 288 g/mol. The van der Waals surface area contributed by atoms with Crippen LogP contribution in [0, 0.1) is 5.92 Å². The summed E-state index contributed by atoms with van der Waals surface area (Å²) < 4.78 is 5.22. The van der Waals surface area contributed by atoms with Crippen LogP contribution in [0.25, 0.3) is 5.57 Å². The van der Waals surface area contributed by atoms with E-state index < -0.39 is 0 Å². The summed E-state index contributed by atoms with van der Waals surface area (Å²) in [7, 11) is 3.69. The summed E-state index contributed by atoms with van der Waals surface area (Å²) >= 11 is 0. The number of esters is 1. The van der Waals surface area contributed by atoms with Crippen molar-refractivity contribution in [1.82, 2.24) is 4.90 Å². The predicted molar refractivity (Wildman–Crippen MR) is 81.9 cm³/mol. The van der Waals surface area contributed by atoms with Gasteiger partial charge in [-0.05, 0) is 24.1 Å². The van der Waals surface area contributed by atoms with Crippen LogP contribution in [0.4, 0.5) is 5.69 Å². The minimum Gasteiger partial charge on any atom is -0.462 e. The molecule has 0 unspecified atom stereocenters. The van der Waals surface area contributed by atoms with Crippen molar-refractivity contribution in [3.05, 3.63) is 35.5 Å². The second-order valence-corrected chi connectivity index (χ2v) is 5.71. The quantitative estimate of drug-likeness (QED) is 0.682. The molecule has 1 N–H and O–H groups in total. The van der Waals surface area contributed by atoms with E-state index in [2.05, 4.69) is 5.32 Å². The molecule has 1 aromatic carbocycles. The van der Waals surface area contributed by atoms with Crippen LogP contribution in [0.5, 0.6) is 0 Å². The van der Waals surface area contributed by atoms with Gasteiger partial charge >= 0.3 is 5.97 Å². The van der Waals surface area contributed by atoms with Gasteiger partial charge in [-0.25, -0.2) is 4.79 Å². The summed E-state index contributed by atoms with van der Waals surface area (Å²) in [6, 6.07) is 5.10. The molecule has 0 radical (unpaired) electrons. The largest absolute Gasteiger partial charge is 0.462 e. The molecule has 112 valence electrons. The third-order valence-corrected chi connectivity index (χ3v) is 2.97. The summed E-state index contributed by atoms with van der Waals surface area (Å²) in [6.45, 7) is 4.35. The fourth-order valence-electron chi connectivity index (χ4n) is 2.03. The average Bonchev–Trinajstić information content (AvgIpc) is 2.71. The molecule has 1 heterocycles. The molecule has 1 aliphatic heterocycles. The van der Waals surface area contributed by atoms with Gasteiger partial charge in [-0.3, -0.25) is 4.79 Å². The standard InChI is InChI=1S/C16H20N2O3/c1-10(2)9-21-16(20)11-5-6-14-12(7-11)13(8-18(3)4)15(19)17-14/h5-8,10H,9H2,1-4H3,(H,17,19)/b13-8-. The van der Waals surface area contributed by atoms with Crippen molar-refractivity contribution in [3.63, 3.8) is 0 Å². The number of fused-ring (bicyclic) bond motifs is 1. The number of amides is 1. The van der Waals surface area contributed by atoms with Crippen LogP contribution in [-0.4, -0.2) is 37.5 Å². The van der Waals surface area contributed by atoms with Gasteiger partial charge in [0.05, 0.1) is 17.7 Å². The van der Waals surface area contributed by atoms with Gasteiger partial charge in [0.15, 0.2) is 0 Å². The summed E-state index contributed by atoms with van der Waals surface area (Å²) in [5, 5.41) is 2.78. The molecule has 0 saturated heterocycles. The first-order chi connectivity index (χ1) is 9.88. The number of hydrogen-bond donors (Lipinski definition) is 1. The first-order valence-corrected chi connectivity index (χ1v) is 6.89.